The van der Waals surface area contributed by atoms with Crippen molar-refractivity contribution in [3.8, 4) is 17.6 Å². The number of methoxy groups -OCH3 is 2. The Morgan fingerprint density at radius 2 is 1.38 bits per heavy atom. The summed E-state index contributed by atoms with van der Waals surface area (Å²) in [6.07, 6.45) is 0. The van der Waals surface area contributed by atoms with Gasteiger partial charge in [-0.2, -0.15) is 5.26 Å². The van der Waals surface area contributed by atoms with Crippen LogP contribution in [0.5, 0.6) is 11.5 Å². The van der Waals surface area contributed by atoms with E-state index in [-0.39, 0.29) is 5.84 Å². The molecule has 2 aromatic carbocycles. The Balaban J connectivity index is 0.000000211. The Morgan fingerprint density at radius 3 is 1.71 bits per heavy atom. The van der Waals surface area contributed by atoms with Crippen molar-refractivity contribution in [2.24, 2.45) is 5.73 Å². The second-order valence-corrected chi connectivity index (χ2v) is 3.98. The number of hydrogen-bond acceptors (Lipinski definition) is 4. The number of nitriles is 1. The van der Waals surface area contributed by atoms with Crippen LogP contribution in [0.2, 0.25) is 0 Å². The Kier molecular flexibility index (Phi) is 6.29. The summed E-state index contributed by atoms with van der Waals surface area (Å²) in [5, 5.41) is 15.5. The van der Waals surface area contributed by atoms with Gasteiger partial charge in [0.2, 0.25) is 0 Å². The van der Waals surface area contributed by atoms with Crippen molar-refractivity contribution < 1.29 is 9.47 Å². The molecule has 3 N–H and O–H groups in total. The SMILES string of the molecule is COc1ccc(C#N)cc1.COc1ccc(C(=N)N)cc1. The molecular weight excluding hydrogens is 266 g/mol. The Hall–Kier alpha value is -3.00. The predicted octanol–water partition coefficient (Wildman–Crippen LogP) is 2.55. The number of rotatable bonds is 3. The van der Waals surface area contributed by atoms with Crippen molar-refractivity contribution in [2.45, 2.75) is 0 Å². The lowest BCUT2D eigenvalue weighted by molar-refractivity contribution is 0.414. The first-order valence-electron chi connectivity index (χ1n) is 6.13. The van der Waals surface area contributed by atoms with Crippen LogP contribution in [0.4, 0.5) is 0 Å². The molecule has 2 aromatic rings. The highest BCUT2D eigenvalue weighted by atomic mass is 16.5. The standard InChI is InChI=1S/C8H10N2O.C8H7NO/c1-11-7-4-2-6(3-5-7)8(9)10;1-10-8-4-2-7(6-9)3-5-8/h2-5H,1H3,(H3,9,10);2-5H,1H3. The van der Waals surface area contributed by atoms with E-state index >= 15 is 0 Å². The molecule has 0 heterocycles. The third-order valence-corrected chi connectivity index (χ3v) is 2.62. The molecule has 5 heteroatoms. The molecule has 0 saturated heterocycles. The highest BCUT2D eigenvalue weighted by molar-refractivity contribution is 5.94. The molecule has 0 radical (unpaired) electrons. The molecular formula is C16H17N3O2. The van der Waals surface area contributed by atoms with E-state index in [1.165, 1.54) is 0 Å². The van der Waals surface area contributed by atoms with Gasteiger partial charge in [0, 0.05) is 5.56 Å². The fourth-order valence-corrected chi connectivity index (χ4v) is 1.44. The Bertz CT molecular complexity index is 613. The van der Waals surface area contributed by atoms with Crippen molar-refractivity contribution in [3.63, 3.8) is 0 Å². The van der Waals surface area contributed by atoms with Crippen molar-refractivity contribution in [3.05, 3.63) is 59.7 Å². The van der Waals surface area contributed by atoms with Gasteiger partial charge in [-0.3, -0.25) is 5.41 Å². The monoisotopic (exact) mass is 283 g/mol. The maximum atomic E-state index is 8.41. The highest BCUT2D eigenvalue weighted by Crippen LogP contribution is 2.10. The van der Waals surface area contributed by atoms with Crippen molar-refractivity contribution >= 4 is 5.84 Å². The highest BCUT2D eigenvalue weighted by Gasteiger charge is 1.94. The van der Waals surface area contributed by atoms with Crippen LogP contribution in [0.1, 0.15) is 11.1 Å². The van der Waals surface area contributed by atoms with Gasteiger partial charge < -0.3 is 15.2 Å². The fourth-order valence-electron chi connectivity index (χ4n) is 1.44. The van der Waals surface area contributed by atoms with E-state index in [0.717, 1.165) is 11.5 Å². The molecule has 0 aliphatic rings. The summed E-state index contributed by atoms with van der Waals surface area (Å²) < 4.78 is 9.84. The van der Waals surface area contributed by atoms with Gasteiger partial charge in [-0.15, -0.1) is 0 Å². The third-order valence-electron chi connectivity index (χ3n) is 2.62. The molecule has 21 heavy (non-hydrogen) atoms. The minimum Gasteiger partial charge on any atom is -0.497 e. The van der Waals surface area contributed by atoms with E-state index in [4.69, 9.17) is 25.9 Å². The van der Waals surface area contributed by atoms with E-state index in [1.807, 2.05) is 6.07 Å². The van der Waals surface area contributed by atoms with Crippen molar-refractivity contribution in [1.82, 2.24) is 0 Å². The van der Waals surface area contributed by atoms with Crippen LogP contribution in [0.15, 0.2) is 48.5 Å². The van der Waals surface area contributed by atoms with E-state index in [0.29, 0.717) is 11.1 Å². The molecule has 0 saturated carbocycles. The second-order valence-electron chi connectivity index (χ2n) is 3.98. The van der Waals surface area contributed by atoms with Gasteiger partial charge in [-0.05, 0) is 48.5 Å². The third kappa shape index (κ3) is 5.25. The Labute approximate surface area is 124 Å². The minimum absolute atomic E-state index is 0.0765. The Morgan fingerprint density at radius 1 is 0.952 bits per heavy atom. The quantitative estimate of drug-likeness (QED) is 0.668. The molecule has 0 amide bonds. The summed E-state index contributed by atoms with van der Waals surface area (Å²) in [5.74, 6) is 1.63. The number of hydrogen-bond donors (Lipinski definition) is 2. The van der Waals surface area contributed by atoms with E-state index < -0.39 is 0 Å². The lowest BCUT2D eigenvalue weighted by Gasteiger charge is -2.00. The number of nitrogen functional groups attached to an aromatic ring is 1. The van der Waals surface area contributed by atoms with E-state index in [1.54, 1.807) is 62.8 Å². The molecule has 108 valence electrons. The largest absolute Gasteiger partial charge is 0.497 e. The normalized spacial score (nSPS) is 8.81. The summed E-state index contributed by atoms with van der Waals surface area (Å²) in [7, 11) is 3.20. The summed E-state index contributed by atoms with van der Waals surface area (Å²) in [4.78, 5) is 0. The zero-order chi connectivity index (χ0) is 15.7. The second kappa shape index (κ2) is 8.23. The van der Waals surface area contributed by atoms with Gasteiger partial charge >= 0.3 is 0 Å². The number of nitrogens with one attached hydrogen (secondary N) is 1. The molecule has 0 fully saturated rings. The summed E-state index contributed by atoms with van der Waals surface area (Å²) in [6.45, 7) is 0. The molecule has 0 aromatic heterocycles. The zero-order valence-corrected chi connectivity index (χ0v) is 12.0. The number of ether oxygens (including phenoxy) is 2. The number of benzene rings is 2. The van der Waals surface area contributed by atoms with Gasteiger partial charge in [0.25, 0.3) is 0 Å². The van der Waals surface area contributed by atoms with Crippen LogP contribution in [-0.4, -0.2) is 20.1 Å². The predicted molar refractivity (Wildman–Crippen MR) is 81.7 cm³/mol. The van der Waals surface area contributed by atoms with Crippen molar-refractivity contribution in [1.29, 1.82) is 10.7 Å². The number of nitrogens with two attached hydrogens (primary N) is 1. The van der Waals surface area contributed by atoms with Gasteiger partial charge in [0.15, 0.2) is 0 Å². The van der Waals surface area contributed by atoms with Crippen LogP contribution < -0.4 is 15.2 Å². The minimum atomic E-state index is 0.0765. The first-order chi connectivity index (χ1) is 10.1. The molecule has 0 bridgehead atoms. The van der Waals surface area contributed by atoms with Gasteiger partial charge in [0.1, 0.15) is 17.3 Å². The van der Waals surface area contributed by atoms with Crippen LogP contribution in [-0.2, 0) is 0 Å². The number of amidine groups is 1. The van der Waals surface area contributed by atoms with Crippen LogP contribution in [0.3, 0.4) is 0 Å². The molecule has 0 spiro atoms. The fraction of sp³-hybridized carbons (Fsp3) is 0.125. The first kappa shape index (κ1) is 16.1. The summed E-state index contributed by atoms with van der Waals surface area (Å²) in [5.41, 5.74) is 6.61. The topological polar surface area (TPSA) is 92.1 Å². The first-order valence-corrected chi connectivity index (χ1v) is 6.13. The lowest BCUT2D eigenvalue weighted by Crippen LogP contribution is -2.10. The molecule has 0 aliphatic carbocycles. The zero-order valence-electron chi connectivity index (χ0n) is 12.0. The van der Waals surface area contributed by atoms with E-state index in [9.17, 15) is 0 Å². The van der Waals surface area contributed by atoms with Crippen LogP contribution in [0.25, 0.3) is 0 Å². The van der Waals surface area contributed by atoms with Gasteiger partial charge in [-0.1, -0.05) is 0 Å². The molecule has 5 nitrogen and oxygen atoms in total. The van der Waals surface area contributed by atoms with Crippen LogP contribution >= 0.6 is 0 Å². The molecule has 2 rings (SSSR count). The molecule has 0 aliphatic heterocycles. The van der Waals surface area contributed by atoms with Gasteiger partial charge in [0.05, 0.1) is 25.9 Å². The van der Waals surface area contributed by atoms with Crippen LogP contribution in [0, 0.1) is 16.7 Å². The maximum absolute atomic E-state index is 8.41. The average Bonchev–Trinajstić information content (AvgIpc) is 2.55. The number of nitrogens with zero attached hydrogens (tertiary/aromatic N) is 1. The van der Waals surface area contributed by atoms with Crippen molar-refractivity contribution in [2.75, 3.05) is 14.2 Å². The molecule has 0 unspecified atom stereocenters. The lowest BCUT2D eigenvalue weighted by atomic mass is 10.2. The van der Waals surface area contributed by atoms with E-state index in [2.05, 4.69) is 0 Å². The van der Waals surface area contributed by atoms with Gasteiger partial charge in [-0.25, -0.2) is 0 Å². The molecule has 0 atom stereocenters. The summed E-state index contributed by atoms with van der Waals surface area (Å²) in [6, 6.07) is 16.0. The summed E-state index contributed by atoms with van der Waals surface area (Å²) >= 11 is 0. The maximum Gasteiger partial charge on any atom is 0.122 e. The smallest absolute Gasteiger partial charge is 0.122 e. The average molecular weight is 283 g/mol.